The highest BCUT2D eigenvalue weighted by Crippen LogP contribution is 2.20. The van der Waals surface area contributed by atoms with E-state index in [1.807, 2.05) is 0 Å². The molecule has 0 amide bonds. The van der Waals surface area contributed by atoms with Gasteiger partial charge in [-0.25, -0.2) is 0 Å². The molecule has 0 saturated heterocycles. The van der Waals surface area contributed by atoms with Crippen LogP contribution in [0.15, 0.2) is 18.2 Å². The lowest BCUT2D eigenvalue weighted by molar-refractivity contribution is 0.832. The number of hydrogen-bond donors (Lipinski definition) is 1. The summed E-state index contributed by atoms with van der Waals surface area (Å²) in [6, 6.07) is 6.45. The number of nitrogens with one attached hydrogen (secondary N) is 1. The fourth-order valence-electron chi connectivity index (χ4n) is 1.54. The molecule has 0 aromatic heterocycles. The highest BCUT2D eigenvalue weighted by atomic mass is 31.0. The number of hydrogen-bond acceptors (Lipinski definition) is 1. The summed E-state index contributed by atoms with van der Waals surface area (Å²) in [5.74, 6) is 0. The van der Waals surface area contributed by atoms with E-state index in [9.17, 15) is 0 Å². The molecule has 1 unspecified atom stereocenters. The summed E-state index contributed by atoms with van der Waals surface area (Å²) in [6.45, 7) is 1.12. The van der Waals surface area contributed by atoms with Gasteiger partial charge in [0.05, 0.1) is 0 Å². The van der Waals surface area contributed by atoms with Gasteiger partial charge in [0, 0.05) is 12.2 Å². The van der Waals surface area contributed by atoms with Gasteiger partial charge in [-0.2, -0.15) is 0 Å². The van der Waals surface area contributed by atoms with Crippen LogP contribution in [0.5, 0.6) is 0 Å². The summed E-state index contributed by atoms with van der Waals surface area (Å²) in [5.41, 5.74) is 2.80. The molecule has 0 aliphatic carbocycles. The van der Waals surface area contributed by atoms with Crippen LogP contribution in [0.4, 0.5) is 5.69 Å². The van der Waals surface area contributed by atoms with Crippen LogP contribution in [-0.4, -0.2) is 6.54 Å². The van der Waals surface area contributed by atoms with E-state index < -0.39 is 0 Å². The smallest absolute Gasteiger partial charge is 0.0445 e. The summed E-state index contributed by atoms with van der Waals surface area (Å²) < 4.78 is 0. The van der Waals surface area contributed by atoms with Gasteiger partial charge in [-0.3, -0.25) is 0 Å². The predicted octanol–water partition coefficient (Wildman–Crippen LogP) is 1.55. The second-order valence-electron chi connectivity index (χ2n) is 2.91. The minimum atomic E-state index is 1.12. The Hall–Kier alpha value is -0.550. The van der Waals surface area contributed by atoms with Crippen molar-refractivity contribution in [2.45, 2.75) is 12.8 Å². The Morgan fingerprint density at radius 1 is 1.36 bits per heavy atom. The van der Waals surface area contributed by atoms with Crippen molar-refractivity contribution in [2.75, 3.05) is 11.9 Å². The van der Waals surface area contributed by atoms with Crippen LogP contribution in [0.25, 0.3) is 0 Å². The zero-order chi connectivity index (χ0) is 7.68. The van der Waals surface area contributed by atoms with Crippen LogP contribution in [0.3, 0.4) is 0 Å². The molecule has 0 saturated carbocycles. The summed E-state index contributed by atoms with van der Waals surface area (Å²) in [6.07, 6.45) is 2.49. The third-order valence-corrected chi connectivity index (χ3v) is 2.59. The SMILES string of the molecule is Pc1cccc2c1NCCC2. The van der Waals surface area contributed by atoms with Crippen LogP contribution in [0, 0.1) is 0 Å². The standard InChI is InChI=1S/C9H12NP/c11-8-5-1-3-7-4-2-6-10-9(7)8/h1,3,5,10H,2,4,6,11H2. The van der Waals surface area contributed by atoms with Gasteiger partial charge < -0.3 is 5.32 Å². The summed E-state index contributed by atoms with van der Waals surface area (Å²) in [5, 5.41) is 4.70. The fraction of sp³-hybridized carbons (Fsp3) is 0.333. The Bertz CT molecular complexity index is 270. The maximum atomic E-state index is 3.41. The molecule has 1 nitrogen and oxygen atoms in total. The fourth-order valence-corrected chi connectivity index (χ4v) is 1.93. The molecule has 1 aromatic rings. The summed E-state index contributed by atoms with van der Waals surface area (Å²) >= 11 is 0. The Kier molecular flexibility index (Phi) is 1.83. The van der Waals surface area contributed by atoms with Crippen LogP contribution in [-0.2, 0) is 6.42 Å². The Labute approximate surface area is 69.4 Å². The molecule has 0 radical (unpaired) electrons. The molecule has 1 N–H and O–H groups in total. The van der Waals surface area contributed by atoms with Gasteiger partial charge in [0.1, 0.15) is 0 Å². The molecule has 1 heterocycles. The van der Waals surface area contributed by atoms with Crippen molar-refractivity contribution in [1.29, 1.82) is 0 Å². The highest BCUT2D eigenvalue weighted by molar-refractivity contribution is 7.28. The van der Waals surface area contributed by atoms with E-state index in [1.165, 1.54) is 29.4 Å². The van der Waals surface area contributed by atoms with Gasteiger partial charge in [-0.1, -0.05) is 18.2 Å². The number of benzene rings is 1. The molecule has 0 fully saturated rings. The largest absolute Gasteiger partial charge is 0.384 e. The predicted molar refractivity (Wildman–Crippen MR) is 52.6 cm³/mol. The van der Waals surface area contributed by atoms with Gasteiger partial charge in [-0.05, 0) is 23.7 Å². The zero-order valence-electron chi connectivity index (χ0n) is 6.43. The lowest BCUT2D eigenvalue weighted by Gasteiger charge is -2.19. The van der Waals surface area contributed by atoms with Gasteiger partial charge in [0.2, 0.25) is 0 Å². The molecule has 0 spiro atoms. The van der Waals surface area contributed by atoms with E-state index in [0.717, 1.165) is 6.54 Å². The first kappa shape index (κ1) is 7.12. The van der Waals surface area contributed by atoms with Crippen LogP contribution < -0.4 is 10.6 Å². The van der Waals surface area contributed by atoms with Gasteiger partial charge in [0.25, 0.3) is 0 Å². The van der Waals surface area contributed by atoms with Crippen molar-refractivity contribution in [3.8, 4) is 0 Å². The monoisotopic (exact) mass is 165 g/mol. The number of para-hydroxylation sites is 1. The topological polar surface area (TPSA) is 12.0 Å². The molecular weight excluding hydrogens is 153 g/mol. The first-order chi connectivity index (χ1) is 5.38. The van der Waals surface area contributed by atoms with Crippen molar-refractivity contribution < 1.29 is 0 Å². The average molecular weight is 165 g/mol. The van der Waals surface area contributed by atoms with Gasteiger partial charge in [-0.15, -0.1) is 9.24 Å². The minimum absolute atomic E-state index is 1.12. The van der Waals surface area contributed by atoms with E-state index >= 15 is 0 Å². The first-order valence-electron chi connectivity index (χ1n) is 3.99. The van der Waals surface area contributed by atoms with E-state index in [1.54, 1.807) is 0 Å². The van der Waals surface area contributed by atoms with E-state index in [2.05, 4.69) is 32.8 Å². The third-order valence-electron chi connectivity index (χ3n) is 2.11. The number of fused-ring (bicyclic) bond motifs is 1. The number of anilines is 1. The minimum Gasteiger partial charge on any atom is -0.384 e. The first-order valence-corrected chi connectivity index (χ1v) is 4.57. The van der Waals surface area contributed by atoms with Crippen LogP contribution in [0.2, 0.25) is 0 Å². The Morgan fingerprint density at radius 3 is 3.09 bits per heavy atom. The summed E-state index contributed by atoms with van der Waals surface area (Å²) in [7, 11) is 2.77. The van der Waals surface area contributed by atoms with Gasteiger partial charge >= 0.3 is 0 Å². The van der Waals surface area contributed by atoms with Crippen molar-refractivity contribution >= 4 is 20.2 Å². The van der Waals surface area contributed by atoms with Crippen molar-refractivity contribution in [3.63, 3.8) is 0 Å². The average Bonchev–Trinajstić information content (AvgIpc) is 2.06. The lowest BCUT2D eigenvalue weighted by atomic mass is 10.0. The quantitative estimate of drug-likeness (QED) is 0.575. The Balaban J connectivity index is 2.49. The molecule has 2 rings (SSSR count). The second-order valence-corrected chi connectivity index (χ2v) is 3.53. The van der Waals surface area contributed by atoms with Crippen molar-refractivity contribution in [1.82, 2.24) is 0 Å². The highest BCUT2D eigenvalue weighted by Gasteiger charge is 2.08. The molecule has 58 valence electrons. The van der Waals surface area contributed by atoms with E-state index in [-0.39, 0.29) is 0 Å². The van der Waals surface area contributed by atoms with Crippen molar-refractivity contribution in [2.24, 2.45) is 0 Å². The molecule has 0 bridgehead atoms. The van der Waals surface area contributed by atoms with E-state index in [4.69, 9.17) is 0 Å². The number of aryl methyl sites for hydroxylation is 1. The maximum absolute atomic E-state index is 3.41. The molecule has 11 heavy (non-hydrogen) atoms. The van der Waals surface area contributed by atoms with Crippen LogP contribution >= 0.6 is 9.24 Å². The maximum Gasteiger partial charge on any atom is 0.0445 e. The molecule has 1 atom stereocenters. The lowest BCUT2D eigenvalue weighted by Crippen LogP contribution is -2.16. The molecule has 2 heteroatoms. The molecule has 1 aromatic carbocycles. The molecule has 1 aliphatic heterocycles. The van der Waals surface area contributed by atoms with Gasteiger partial charge in [0.15, 0.2) is 0 Å². The van der Waals surface area contributed by atoms with Crippen molar-refractivity contribution in [3.05, 3.63) is 23.8 Å². The van der Waals surface area contributed by atoms with E-state index in [0.29, 0.717) is 0 Å². The second kappa shape index (κ2) is 2.83. The number of rotatable bonds is 0. The molecular formula is C9H12NP. The third kappa shape index (κ3) is 1.25. The summed E-state index contributed by atoms with van der Waals surface area (Å²) in [4.78, 5) is 0. The van der Waals surface area contributed by atoms with Crippen LogP contribution in [0.1, 0.15) is 12.0 Å². The Morgan fingerprint density at radius 2 is 2.27 bits per heavy atom. The molecule has 1 aliphatic rings. The zero-order valence-corrected chi connectivity index (χ0v) is 7.59. The normalized spacial score (nSPS) is 15.4.